The molecule has 1 aliphatic heterocycles. The highest BCUT2D eigenvalue weighted by Crippen LogP contribution is 2.30. The van der Waals surface area contributed by atoms with Crippen molar-refractivity contribution >= 4 is 17.5 Å². The van der Waals surface area contributed by atoms with Crippen molar-refractivity contribution in [1.82, 2.24) is 4.90 Å². The van der Waals surface area contributed by atoms with Crippen molar-refractivity contribution < 1.29 is 9.59 Å². The summed E-state index contributed by atoms with van der Waals surface area (Å²) in [4.78, 5) is 27.3. The molecular formula is C23H28N2O2. The van der Waals surface area contributed by atoms with Gasteiger partial charge in [-0.2, -0.15) is 0 Å². The molecule has 1 heterocycles. The SMILES string of the molecule is CCc1cccc(CC)c1NC(=O)[C@H]1CC(=O)N([C@H](C)c2ccccc2)C1. The van der Waals surface area contributed by atoms with Crippen molar-refractivity contribution in [1.29, 1.82) is 0 Å². The molecule has 2 aromatic carbocycles. The number of carbonyl (C=O) groups is 2. The number of rotatable bonds is 6. The Balaban J connectivity index is 1.73. The third-order valence-corrected chi connectivity index (χ3v) is 5.53. The smallest absolute Gasteiger partial charge is 0.229 e. The molecule has 4 nitrogen and oxygen atoms in total. The Bertz CT molecular complexity index is 794. The van der Waals surface area contributed by atoms with Gasteiger partial charge in [-0.3, -0.25) is 9.59 Å². The van der Waals surface area contributed by atoms with E-state index in [1.54, 1.807) is 0 Å². The lowest BCUT2D eigenvalue weighted by Crippen LogP contribution is -2.30. The number of carbonyl (C=O) groups excluding carboxylic acids is 2. The van der Waals surface area contributed by atoms with Crippen LogP contribution in [0, 0.1) is 5.92 Å². The first kappa shape index (κ1) is 19.2. The van der Waals surface area contributed by atoms with Gasteiger partial charge in [0, 0.05) is 18.7 Å². The minimum atomic E-state index is -0.307. The monoisotopic (exact) mass is 364 g/mol. The van der Waals surface area contributed by atoms with Crippen LogP contribution in [0.5, 0.6) is 0 Å². The third-order valence-electron chi connectivity index (χ3n) is 5.53. The zero-order chi connectivity index (χ0) is 19.4. The summed E-state index contributed by atoms with van der Waals surface area (Å²) in [5.41, 5.74) is 4.30. The topological polar surface area (TPSA) is 49.4 Å². The van der Waals surface area contributed by atoms with Gasteiger partial charge in [0.1, 0.15) is 0 Å². The molecule has 0 spiro atoms. The molecule has 0 saturated carbocycles. The lowest BCUT2D eigenvalue weighted by atomic mass is 10.0. The van der Waals surface area contributed by atoms with Crippen molar-refractivity contribution in [3.8, 4) is 0 Å². The van der Waals surface area contributed by atoms with Crippen LogP contribution in [0.4, 0.5) is 5.69 Å². The third kappa shape index (κ3) is 4.05. The maximum absolute atomic E-state index is 12.9. The van der Waals surface area contributed by atoms with Gasteiger partial charge in [-0.15, -0.1) is 0 Å². The van der Waals surface area contributed by atoms with Crippen LogP contribution in [-0.4, -0.2) is 23.3 Å². The Morgan fingerprint density at radius 1 is 1.07 bits per heavy atom. The van der Waals surface area contributed by atoms with Gasteiger partial charge >= 0.3 is 0 Å². The summed E-state index contributed by atoms with van der Waals surface area (Å²) in [6.07, 6.45) is 2.01. The maximum Gasteiger partial charge on any atom is 0.229 e. The van der Waals surface area contributed by atoms with Gasteiger partial charge < -0.3 is 10.2 Å². The summed E-state index contributed by atoms with van der Waals surface area (Å²) < 4.78 is 0. The largest absolute Gasteiger partial charge is 0.335 e. The van der Waals surface area contributed by atoms with Crippen LogP contribution in [0.1, 0.15) is 49.9 Å². The number of para-hydroxylation sites is 1. The molecule has 0 bridgehead atoms. The summed E-state index contributed by atoms with van der Waals surface area (Å²) in [5, 5.41) is 3.12. The van der Waals surface area contributed by atoms with Gasteiger partial charge in [-0.05, 0) is 36.5 Å². The van der Waals surface area contributed by atoms with E-state index in [0.29, 0.717) is 6.54 Å². The maximum atomic E-state index is 12.9. The van der Waals surface area contributed by atoms with E-state index in [2.05, 4.69) is 31.3 Å². The van der Waals surface area contributed by atoms with Crippen LogP contribution in [0.25, 0.3) is 0 Å². The first-order valence-electron chi connectivity index (χ1n) is 9.81. The van der Waals surface area contributed by atoms with E-state index in [-0.39, 0.29) is 30.2 Å². The average molecular weight is 364 g/mol. The molecule has 2 amide bonds. The summed E-state index contributed by atoms with van der Waals surface area (Å²) in [7, 11) is 0. The van der Waals surface area contributed by atoms with E-state index < -0.39 is 0 Å². The molecule has 4 heteroatoms. The second-order valence-electron chi connectivity index (χ2n) is 7.18. The van der Waals surface area contributed by atoms with E-state index in [1.807, 2.05) is 48.2 Å². The normalized spacial score (nSPS) is 17.8. The van der Waals surface area contributed by atoms with Gasteiger partial charge in [-0.1, -0.05) is 62.4 Å². The van der Waals surface area contributed by atoms with Crippen molar-refractivity contribution in [2.24, 2.45) is 5.92 Å². The highest BCUT2D eigenvalue weighted by atomic mass is 16.2. The fourth-order valence-corrected chi connectivity index (χ4v) is 3.82. The molecule has 2 aromatic rings. The van der Waals surface area contributed by atoms with Crippen LogP contribution in [-0.2, 0) is 22.4 Å². The van der Waals surface area contributed by atoms with E-state index in [1.165, 1.54) is 0 Å². The minimum Gasteiger partial charge on any atom is -0.335 e. The van der Waals surface area contributed by atoms with Gasteiger partial charge in [0.25, 0.3) is 0 Å². The number of nitrogens with zero attached hydrogens (tertiary/aromatic N) is 1. The van der Waals surface area contributed by atoms with Gasteiger partial charge in [0.15, 0.2) is 0 Å². The van der Waals surface area contributed by atoms with E-state index >= 15 is 0 Å². The molecule has 1 saturated heterocycles. The zero-order valence-electron chi connectivity index (χ0n) is 16.4. The number of hydrogen-bond acceptors (Lipinski definition) is 2. The molecule has 0 aromatic heterocycles. The minimum absolute atomic E-state index is 0.0226. The summed E-state index contributed by atoms with van der Waals surface area (Å²) >= 11 is 0. The fourth-order valence-electron chi connectivity index (χ4n) is 3.82. The number of benzene rings is 2. The van der Waals surface area contributed by atoms with Crippen LogP contribution in [0.2, 0.25) is 0 Å². The van der Waals surface area contributed by atoms with Gasteiger partial charge in [0.2, 0.25) is 11.8 Å². The second-order valence-corrected chi connectivity index (χ2v) is 7.18. The molecular weight excluding hydrogens is 336 g/mol. The summed E-state index contributed by atoms with van der Waals surface area (Å²) in [6, 6.07) is 16.1. The van der Waals surface area contributed by atoms with E-state index in [9.17, 15) is 9.59 Å². The molecule has 1 aliphatic rings. The lowest BCUT2D eigenvalue weighted by molar-refractivity contribution is -0.129. The molecule has 142 valence electrons. The quantitative estimate of drug-likeness (QED) is 0.828. The number of likely N-dealkylation sites (tertiary alicyclic amines) is 1. The van der Waals surface area contributed by atoms with Gasteiger partial charge in [-0.25, -0.2) is 0 Å². The molecule has 1 fully saturated rings. The lowest BCUT2D eigenvalue weighted by Gasteiger charge is -2.25. The molecule has 0 aliphatic carbocycles. The van der Waals surface area contributed by atoms with Crippen molar-refractivity contribution in [2.45, 2.75) is 46.1 Å². The number of aryl methyl sites for hydroxylation is 2. The number of hydrogen-bond donors (Lipinski definition) is 1. The predicted octanol–water partition coefficient (Wildman–Crippen LogP) is 4.36. The van der Waals surface area contributed by atoms with Crippen molar-refractivity contribution in [2.75, 3.05) is 11.9 Å². The Labute approximate surface area is 161 Å². The van der Waals surface area contributed by atoms with E-state index in [0.717, 1.165) is 35.2 Å². The zero-order valence-corrected chi connectivity index (χ0v) is 16.4. The molecule has 1 N–H and O–H groups in total. The summed E-state index contributed by atoms with van der Waals surface area (Å²) in [6.45, 7) is 6.67. The molecule has 0 unspecified atom stereocenters. The molecule has 3 rings (SSSR count). The number of nitrogens with one attached hydrogen (secondary N) is 1. The Morgan fingerprint density at radius 2 is 1.70 bits per heavy atom. The van der Waals surface area contributed by atoms with Crippen LogP contribution in [0.15, 0.2) is 48.5 Å². The summed E-state index contributed by atoms with van der Waals surface area (Å²) in [5.74, 6) is -0.314. The number of amides is 2. The Hall–Kier alpha value is -2.62. The standard InChI is InChI=1S/C23H28N2O2/c1-4-17-12-9-13-18(5-2)22(17)24-23(27)20-14-21(26)25(15-20)16(3)19-10-7-6-8-11-19/h6-13,16,20H,4-5,14-15H2,1-3H3,(H,24,27)/t16-,20+/m1/s1. The van der Waals surface area contributed by atoms with Crippen LogP contribution in [0.3, 0.4) is 0 Å². The first-order chi connectivity index (χ1) is 13.0. The Kier molecular flexibility index (Phi) is 5.94. The first-order valence-corrected chi connectivity index (χ1v) is 9.81. The van der Waals surface area contributed by atoms with Crippen molar-refractivity contribution in [3.05, 3.63) is 65.2 Å². The van der Waals surface area contributed by atoms with E-state index in [4.69, 9.17) is 0 Å². The highest BCUT2D eigenvalue weighted by molar-refractivity contribution is 5.98. The number of anilines is 1. The fraction of sp³-hybridized carbons (Fsp3) is 0.391. The highest BCUT2D eigenvalue weighted by Gasteiger charge is 2.37. The Morgan fingerprint density at radius 3 is 2.30 bits per heavy atom. The average Bonchev–Trinajstić information content (AvgIpc) is 3.10. The molecule has 2 atom stereocenters. The molecule has 0 radical (unpaired) electrons. The van der Waals surface area contributed by atoms with Crippen molar-refractivity contribution in [3.63, 3.8) is 0 Å². The molecule has 27 heavy (non-hydrogen) atoms. The predicted molar refractivity (Wildman–Crippen MR) is 109 cm³/mol. The van der Waals surface area contributed by atoms with Crippen LogP contribution < -0.4 is 5.32 Å². The van der Waals surface area contributed by atoms with Crippen LogP contribution >= 0.6 is 0 Å². The second kappa shape index (κ2) is 8.38. The van der Waals surface area contributed by atoms with Gasteiger partial charge in [0.05, 0.1) is 12.0 Å².